The lowest BCUT2D eigenvalue weighted by Gasteiger charge is -1.94. The van der Waals surface area contributed by atoms with E-state index in [0.29, 0.717) is 12.2 Å². The number of aromatic nitrogens is 1. The van der Waals surface area contributed by atoms with Crippen LogP contribution in [0.1, 0.15) is 11.3 Å². The summed E-state index contributed by atoms with van der Waals surface area (Å²) in [5.74, 6) is 0. The molecule has 1 aromatic carbocycles. The van der Waals surface area contributed by atoms with Crippen molar-refractivity contribution in [2.45, 2.75) is 6.54 Å². The third kappa shape index (κ3) is 3.83. The van der Waals surface area contributed by atoms with Crippen LogP contribution in [0, 0.1) is 11.3 Å². The van der Waals surface area contributed by atoms with E-state index in [1.54, 1.807) is 0 Å². The Morgan fingerprint density at radius 2 is 1.78 bits per heavy atom. The summed E-state index contributed by atoms with van der Waals surface area (Å²) in [5, 5.41) is 8.94. The van der Waals surface area contributed by atoms with Crippen molar-refractivity contribution in [2.24, 2.45) is 0 Å². The predicted molar refractivity (Wildman–Crippen MR) is 66.8 cm³/mol. The Morgan fingerprint density at radius 1 is 1.06 bits per heavy atom. The van der Waals surface area contributed by atoms with Crippen LogP contribution < -0.4 is 21.5 Å². The van der Waals surface area contributed by atoms with Gasteiger partial charge in [0.05, 0.1) is 0 Å². The number of hydrogen-bond donors (Lipinski definition) is 0. The Kier molecular flexibility index (Phi) is 5.83. The van der Waals surface area contributed by atoms with Crippen LogP contribution >= 0.6 is 0 Å². The Balaban J connectivity index is 0.00000162. The first-order chi connectivity index (χ1) is 8.40. The summed E-state index contributed by atoms with van der Waals surface area (Å²) in [6.07, 6.45) is 6.02. The second-order valence-electron chi connectivity index (χ2n) is 3.66. The Morgan fingerprint density at radius 3 is 2.50 bits per heavy atom. The van der Waals surface area contributed by atoms with Crippen molar-refractivity contribution >= 4 is 6.08 Å². The molecule has 0 amide bonds. The molecular weight excluding hydrogens is 288 g/mol. The number of rotatable bonds is 3. The maximum absolute atomic E-state index is 8.94. The number of benzene rings is 1. The zero-order valence-corrected chi connectivity index (χ0v) is 11.4. The quantitative estimate of drug-likeness (QED) is 0.707. The van der Waals surface area contributed by atoms with Crippen LogP contribution in [0.15, 0.2) is 60.8 Å². The first-order valence-corrected chi connectivity index (χ1v) is 5.50. The van der Waals surface area contributed by atoms with Crippen LogP contribution in [0.5, 0.6) is 0 Å². The molecule has 0 atom stereocenters. The molecule has 2 nitrogen and oxygen atoms in total. The fourth-order valence-corrected chi connectivity index (χ4v) is 1.60. The zero-order chi connectivity index (χ0) is 11.9. The summed E-state index contributed by atoms with van der Waals surface area (Å²) in [7, 11) is 0. The minimum absolute atomic E-state index is 0. The lowest BCUT2D eigenvalue weighted by atomic mass is 10.2. The minimum Gasteiger partial charge on any atom is -1.00 e. The lowest BCUT2D eigenvalue weighted by molar-refractivity contribution is -0.689. The highest BCUT2D eigenvalue weighted by Gasteiger charge is 2.04. The molecular formula is C15H13BrN2. The van der Waals surface area contributed by atoms with Gasteiger partial charge in [0.25, 0.3) is 5.69 Å². The molecule has 0 saturated carbocycles. The molecule has 18 heavy (non-hydrogen) atoms. The van der Waals surface area contributed by atoms with Crippen molar-refractivity contribution in [2.75, 3.05) is 0 Å². The van der Waals surface area contributed by atoms with Crippen LogP contribution in [0.3, 0.4) is 0 Å². The topological polar surface area (TPSA) is 27.7 Å². The molecule has 0 unspecified atom stereocenters. The third-order valence-corrected chi connectivity index (χ3v) is 2.47. The van der Waals surface area contributed by atoms with E-state index in [1.165, 1.54) is 5.56 Å². The Hall–Kier alpha value is -1.92. The SMILES string of the molecule is N#Cc1cccc[n+]1CC=Cc1ccccc1.[Br-]. The highest BCUT2D eigenvalue weighted by atomic mass is 79.9. The second kappa shape index (κ2) is 7.41. The van der Waals surface area contributed by atoms with Gasteiger partial charge in [-0.25, -0.2) is 0 Å². The highest BCUT2D eigenvalue weighted by molar-refractivity contribution is 5.48. The molecule has 2 aromatic rings. The summed E-state index contributed by atoms with van der Waals surface area (Å²) >= 11 is 0. The van der Waals surface area contributed by atoms with E-state index in [9.17, 15) is 0 Å². The number of nitrogens with zero attached hydrogens (tertiary/aromatic N) is 2. The monoisotopic (exact) mass is 300 g/mol. The largest absolute Gasteiger partial charge is 1.00 e. The molecule has 1 aromatic heterocycles. The first-order valence-electron chi connectivity index (χ1n) is 5.50. The summed E-state index contributed by atoms with van der Waals surface area (Å²) in [5.41, 5.74) is 1.84. The highest BCUT2D eigenvalue weighted by Crippen LogP contribution is 2.00. The van der Waals surface area contributed by atoms with E-state index in [0.717, 1.165) is 0 Å². The van der Waals surface area contributed by atoms with Gasteiger partial charge in [0.2, 0.25) is 0 Å². The maximum Gasteiger partial charge on any atom is 0.283 e. The number of halogens is 1. The first kappa shape index (κ1) is 14.1. The lowest BCUT2D eigenvalue weighted by Crippen LogP contribution is -3.00. The smallest absolute Gasteiger partial charge is 0.283 e. The number of allylic oxidation sites excluding steroid dienone is 1. The van der Waals surface area contributed by atoms with Crippen molar-refractivity contribution in [3.63, 3.8) is 0 Å². The minimum atomic E-state index is 0. The summed E-state index contributed by atoms with van der Waals surface area (Å²) in [6.45, 7) is 0.707. The number of hydrogen-bond acceptors (Lipinski definition) is 1. The second-order valence-corrected chi connectivity index (χ2v) is 3.66. The van der Waals surface area contributed by atoms with Gasteiger partial charge in [0, 0.05) is 12.1 Å². The number of nitriles is 1. The molecule has 0 aliphatic heterocycles. The van der Waals surface area contributed by atoms with Crippen LogP contribution in [-0.2, 0) is 6.54 Å². The van der Waals surface area contributed by atoms with Crippen molar-refractivity contribution in [3.8, 4) is 6.07 Å². The Bertz CT molecular complexity index is 556. The third-order valence-electron chi connectivity index (χ3n) is 2.47. The Labute approximate surface area is 118 Å². The molecule has 0 radical (unpaired) electrons. The van der Waals surface area contributed by atoms with Gasteiger partial charge in [-0.05, 0) is 17.7 Å². The van der Waals surface area contributed by atoms with Crippen molar-refractivity contribution in [1.82, 2.24) is 0 Å². The summed E-state index contributed by atoms with van der Waals surface area (Å²) < 4.78 is 1.92. The zero-order valence-electron chi connectivity index (χ0n) is 9.83. The van der Waals surface area contributed by atoms with Gasteiger partial charge in [-0.1, -0.05) is 36.4 Å². The molecule has 0 saturated heterocycles. The van der Waals surface area contributed by atoms with Crippen LogP contribution in [0.2, 0.25) is 0 Å². The molecule has 0 spiro atoms. The van der Waals surface area contributed by atoms with Crippen molar-refractivity contribution in [3.05, 3.63) is 72.1 Å². The maximum atomic E-state index is 8.94. The van der Waals surface area contributed by atoms with Crippen molar-refractivity contribution in [1.29, 1.82) is 5.26 Å². The van der Waals surface area contributed by atoms with Crippen LogP contribution in [0.4, 0.5) is 0 Å². The molecule has 1 heterocycles. The molecule has 3 heteroatoms. The average molecular weight is 301 g/mol. The number of pyridine rings is 1. The van der Waals surface area contributed by atoms with Gasteiger partial charge >= 0.3 is 0 Å². The standard InChI is InChI=1S/C15H13N2.BrH/c16-13-15-10-4-5-11-17(15)12-6-9-14-7-2-1-3-8-14;/h1-11H,12H2;1H/q+1;/p-1. The van der Waals surface area contributed by atoms with Crippen LogP contribution in [-0.4, -0.2) is 0 Å². The molecule has 0 N–H and O–H groups in total. The molecule has 2 rings (SSSR count). The van der Waals surface area contributed by atoms with E-state index >= 15 is 0 Å². The molecule has 0 aliphatic rings. The summed E-state index contributed by atoms with van der Waals surface area (Å²) in [6, 6.07) is 17.9. The van der Waals surface area contributed by atoms with Crippen LogP contribution in [0.25, 0.3) is 6.08 Å². The van der Waals surface area contributed by atoms with Gasteiger partial charge in [-0.3, -0.25) is 0 Å². The fourth-order valence-electron chi connectivity index (χ4n) is 1.60. The van der Waals surface area contributed by atoms with Gasteiger partial charge in [0.15, 0.2) is 18.8 Å². The summed E-state index contributed by atoms with van der Waals surface area (Å²) in [4.78, 5) is 0. The van der Waals surface area contributed by atoms with E-state index in [2.05, 4.69) is 30.4 Å². The molecule has 0 bridgehead atoms. The van der Waals surface area contributed by atoms with Gasteiger partial charge in [-0.2, -0.15) is 9.83 Å². The average Bonchev–Trinajstić information content (AvgIpc) is 2.40. The van der Waals surface area contributed by atoms with E-state index in [-0.39, 0.29) is 17.0 Å². The van der Waals surface area contributed by atoms with E-state index in [1.807, 2.05) is 47.2 Å². The predicted octanol–water partition coefficient (Wildman–Crippen LogP) is -0.437. The fraction of sp³-hybridized carbons (Fsp3) is 0.0667. The van der Waals surface area contributed by atoms with Crippen molar-refractivity contribution < 1.29 is 21.5 Å². The van der Waals surface area contributed by atoms with Gasteiger partial charge in [0.1, 0.15) is 0 Å². The molecule has 0 fully saturated rings. The molecule has 0 aliphatic carbocycles. The normalized spacial score (nSPS) is 9.72. The van der Waals surface area contributed by atoms with Gasteiger partial charge < -0.3 is 17.0 Å². The van der Waals surface area contributed by atoms with Gasteiger partial charge in [-0.15, -0.1) is 0 Å². The van der Waals surface area contributed by atoms with E-state index in [4.69, 9.17) is 5.26 Å². The van der Waals surface area contributed by atoms with E-state index < -0.39 is 0 Å². The molecule has 90 valence electrons.